The van der Waals surface area contributed by atoms with E-state index in [0.29, 0.717) is 22.8 Å². The lowest BCUT2D eigenvalue weighted by atomic mass is 9.96. The van der Waals surface area contributed by atoms with E-state index in [9.17, 15) is 4.79 Å². The number of aryl methyl sites for hydroxylation is 1. The zero-order chi connectivity index (χ0) is 16.1. The molecule has 0 N–H and O–H groups in total. The van der Waals surface area contributed by atoms with Gasteiger partial charge in [-0.25, -0.2) is 0 Å². The van der Waals surface area contributed by atoms with Gasteiger partial charge in [-0.15, -0.1) is 6.42 Å². The molecule has 0 saturated carbocycles. The minimum atomic E-state index is -0.000959. The van der Waals surface area contributed by atoms with Crippen molar-refractivity contribution in [2.75, 3.05) is 6.61 Å². The number of carbonyl (C=O) groups is 1. The minimum Gasteiger partial charge on any atom is -0.481 e. The Morgan fingerprint density at radius 3 is 2.45 bits per heavy atom. The first kappa shape index (κ1) is 15.9. The Labute approximate surface area is 132 Å². The van der Waals surface area contributed by atoms with E-state index in [1.807, 2.05) is 43.3 Å². The van der Waals surface area contributed by atoms with E-state index in [1.54, 1.807) is 6.07 Å². The number of ether oxygens (including phenoxy) is 1. The number of hydrogen-bond donors (Lipinski definition) is 0. The van der Waals surface area contributed by atoms with Crippen LogP contribution in [0.25, 0.3) is 0 Å². The van der Waals surface area contributed by atoms with E-state index in [1.165, 1.54) is 5.56 Å². The van der Waals surface area contributed by atoms with E-state index < -0.39 is 0 Å². The molecular formula is C20H20O2. The maximum absolute atomic E-state index is 12.7. The Bertz CT molecular complexity index is 703. The first-order valence-electron chi connectivity index (χ1n) is 7.34. The number of benzene rings is 2. The normalized spacial score (nSPS) is 10.3. The predicted octanol–water partition coefficient (Wildman–Crippen LogP) is 4.36. The van der Waals surface area contributed by atoms with E-state index in [-0.39, 0.29) is 12.4 Å². The van der Waals surface area contributed by atoms with Gasteiger partial charge in [0.2, 0.25) is 0 Å². The van der Waals surface area contributed by atoms with Crippen molar-refractivity contribution in [1.82, 2.24) is 0 Å². The summed E-state index contributed by atoms with van der Waals surface area (Å²) in [5, 5.41) is 0. The van der Waals surface area contributed by atoms with E-state index >= 15 is 0 Å². The molecular weight excluding hydrogens is 272 g/mol. The Morgan fingerprint density at radius 2 is 1.86 bits per heavy atom. The summed E-state index contributed by atoms with van der Waals surface area (Å²) in [6.07, 6.45) is 5.19. The van der Waals surface area contributed by atoms with Crippen LogP contribution in [0.3, 0.4) is 0 Å². The largest absolute Gasteiger partial charge is 0.481 e. The molecule has 0 amide bonds. The van der Waals surface area contributed by atoms with Crippen molar-refractivity contribution in [3.63, 3.8) is 0 Å². The van der Waals surface area contributed by atoms with E-state index in [2.05, 4.69) is 19.8 Å². The molecule has 22 heavy (non-hydrogen) atoms. The van der Waals surface area contributed by atoms with Gasteiger partial charge in [-0.2, -0.15) is 0 Å². The van der Waals surface area contributed by atoms with E-state index in [4.69, 9.17) is 11.2 Å². The van der Waals surface area contributed by atoms with Crippen LogP contribution in [-0.4, -0.2) is 12.4 Å². The molecule has 0 bridgehead atoms. The van der Waals surface area contributed by atoms with Gasteiger partial charge in [0.1, 0.15) is 12.4 Å². The standard InChI is InChI=1S/C20H20O2/c1-5-12-22-18-11-6-15(4)19(13-18)20(21)17-9-7-16(8-10-17)14(2)3/h1,6-11,13-14H,12H2,2-4H3. The molecule has 0 heterocycles. The highest BCUT2D eigenvalue weighted by atomic mass is 16.5. The van der Waals surface area contributed by atoms with Crippen molar-refractivity contribution in [2.45, 2.75) is 26.7 Å². The van der Waals surface area contributed by atoms with Crippen molar-refractivity contribution in [3.8, 4) is 18.1 Å². The van der Waals surface area contributed by atoms with Crippen molar-refractivity contribution < 1.29 is 9.53 Å². The highest BCUT2D eigenvalue weighted by Gasteiger charge is 2.13. The predicted molar refractivity (Wildman–Crippen MR) is 89.5 cm³/mol. The first-order chi connectivity index (χ1) is 10.5. The van der Waals surface area contributed by atoms with Crippen LogP contribution in [0.15, 0.2) is 42.5 Å². The molecule has 2 heteroatoms. The zero-order valence-electron chi connectivity index (χ0n) is 13.2. The third-order valence-electron chi connectivity index (χ3n) is 3.62. The summed E-state index contributed by atoms with van der Waals surface area (Å²) in [5.74, 6) is 3.49. The maximum Gasteiger partial charge on any atom is 0.193 e. The molecule has 0 unspecified atom stereocenters. The smallest absolute Gasteiger partial charge is 0.193 e. The average Bonchev–Trinajstić information content (AvgIpc) is 2.53. The molecule has 0 saturated heterocycles. The number of hydrogen-bond acceptors (Lipinski definition) is 2. The molecule has 0 aromatic heterocycles. The van der Waals surface area contributed by atoms with Crippen molar-refractivity contribution >= 4 is 5.78 Å². The Hall–Kier alpha value is -2.53. The zero-order valence-corrected chi connectivity index (χ0v) is 13.2. The van der Waals surface area contributed by atoms with Gasteiger partial charge in [0, 0.05) is 11.1 Å². The second-order valence-electron chi connectivity index (χ2n) is 5.58. The van der Waals surface area contributed by atoms with Crippen LogP contribution in [-0.2, 0) is 0 Å². The summed E-state index contributed by atoms with van der Waals surface area (Å²) < 4.78 is 5.40. The van der Waals surface area contributed by atoms with Gasteiger partial charge in [0.05, 0.1) is 0 Å². The van der Waals surface area contributed by atoms with Crippen LogP contribution in [0.2, 0.25) is 0 Å². The molecule has 112 valence electrons. The Balaban J connectivity index is 2.30. The monoisotopic (exact) mass is 292 g/mol. The molecule has 0 fully saturated rings. The van der Waals surface area contributed by atoms with Crippen LogP contribution in [0, 0.1) is 19.3 Å². The summed E-state index contributed by atoms with van der Waals surface area (Å²) in [5.41, 5.74) is 3.47. The van der Waals surface area contributed by atoms with Gasteiger partial charge in [-0.1, -0.05) is 50.1 Å². The summed E-state index contributed by atoms with van der Waals surface area (Å²) in [4.78, 5) is 12.7. The van der Waals surface area contributed by atoms with Crippen molar-refractivity contribution in [1.29, 1.82) is 0 Å². The van der Waals surface area contributed by atoms with Crippen LogP contribution < -0.4 is 4.74 Å². The lowest BCUT2D eigenvalue weighted by Crippen LogP contribution is -2.05. The Kier molecular flexibility index (Phi) is 5.01. The Morgan fingerprint density at radius 1 is 1.18 bits per heavy atom. The van der Waals surface area contributed by atoms with Crippen LogP contribution in [0.1, 0.15) is 46.8 Å². The summed E-state index contributed by atoms with van der Waals surface area (Å²) in [7, 11) is 0. The fourth-order valence-corrected chi connectivity index (χ4v) is 2.24. The third-order valence-corrected chi connectivity index (χ3v) is 3.62. The highest BCUT2D eigenvalue weighted by molar-refractivity contribution is 6.10. The van der Waals surface area contributed by atoms with Gasteiger partial charge in [-0.3, -0.25) is 4.79 Å². The van der Waals surface area contributed by atoms with Gasteiger partial charge in [-0.05, 0) is 36.1 Å². The first-order valence-corrected chi connectivity index (χ1v) is 7.34. The minimum absolute atomic E-state index is 0.000959. The number of carbonyl (C=O) groups excluding carboxylic acids is 1. The van der Waals surface area contributed by atoms with Crippen LogP contribution >= 0.6 is 0 Å². The molecule has 2 aromatic rings. The summed E-state index contributed by atoms with van der Waals surface area (Å²) >= 11 is 0. The molecule has 0 spiro atoms. The second kappa shape index (κ2) is 6.95. The quantitative estimate of drug-likeness (QED) is 0.604. The molecule has 2 nitrogen and oxygen atoms in total. The lowest BCUT2D eigenvalue weighted by molar-refractivity contribution is 0.103. The topological polar surface area (TPSA) is 26.3 Å². The van der Waals surface area contributed by atoms with Gasteiger partial charge >= 0.3 is 0 Å². The molecule has 2 aromatic carbocycles. The number of ketones is 1. The van der Waals surface area contributed by atoms with Gasteiger partial charge in [0.15, 0.2) is 5.78 Å². The SMILES string of the molecule is C#CCOc1ccc(C)c(C(=O)c2ccc(C(C)C)cc2)c1. The van der Waals surface area contributed by atoms with Crippen LogP contribution in [0.4, 0.5) is 0 Å². The molecule has 0 aliphatic heterocycles. The van der Waals surface area contributed by atoms with Crippen LogP contribution in [0.5, 0.6) is 5.75 Å². The third kappa shape index (κ3) is 3.56. The van der Waals surface area contributed by atoms with Crippen molar-refractivity contribution in [2.24, 2.45) is 0 Å². The van der Waals surface area contributed by atoms with E-state index in [0.717, 1.165) is 5.56 Å². The summed E-state index contributed by atoms with van der Waals surface area (Å²) in [6.45, 7) is 6.38. The second-order valence-corrected chi connectivity index (χ2v) is 5.58. The number of terminal acetylenes is 1. The highest BCUT2D eigenvalue weighted by Crippen LogP contribution is 2.22. The lowest BCUT2D eigenvalue weighted by Gasteiger charge is -2.10. The maximum atomic E-state index is 12.7. The molecule has 0 aliphatic rings. The van der Waals surface area contributed by atoms with Gasteiger partial charge in [0.25, 0.3) is 0 Å². The molecule has 0 aliphatic carbocycles. The average molecular weight is 292 g/mol. The fraction of sp³-hybridized carbons (Fsp3) is 0.250. The fourth-order valence-electron chi connectivity index (χ4n) is 2.24. The van der Waals surface area contributed by atoms with Gasteiger partial charge < -0.3 is 4.74 Å². The summed E-state index contributed by atoms with van der Waals surface area (Å²) in [6, 6.07) is 13.2. The molecule has 0 radical (unpaired) electrons. The molecule has 2 rings (SSSR count). The molecule has 0 atom stereocenters. The van der Waals surface area contributed by atoms with Crippen molar-refractivity contribution in [3.05, 3.63) is 64.7 Å². The number of rotatable bonds is 5.